The Labute approximate surface area is 125 Å². The minimum Gasteiger partial charge on any atom is -0.348 e. The lowest BCUT2D eigenvalue weighted by Crippen LogP contribution is -2.41. The molecule has 2 aromatic carbocycles. The highest BCUT2D eigenvalue weighted by atomic mass is 16.2. The molecule has 0 saturated heterocycles. The molecule has 0 heterocycles. The molecule has 0 aliphatic heterocycles. The van der Waals surface area contributed by atoms with E-state index in [2.05, 4.69) is 29.6 Å². The Morgan fingerprint density at radius 1 is 1.19 bits per heavy atom. The van der Waals surface area contributed by atoms with Crippen molar-refractivity contribution in [3.8, 4) is 0 Å². The maximum absolute atomic E-state index is 12.0. The molecule has 1 unspecified atom stereocenters. The van der Waals surface area contributed by atoms with Gasteiger partial charge >= 0.3 is 0 Å². The van der Waals surface area contributed by atoms with Crippen molar-refractivity contribution in [2.75, 3.05) is 6.54 Å². The van der Waals surface area contributed by atoms with Gasteiger partial charge in [0.1, 0.15) is 0 Å². The summed E-state index contributed by atoms with van der Waals surface area (Å²) in [6.45, 7) is 2.53. The topological polar surface area (TPSA) is 81.1 Å². The number of benzene rings is 2. The highest BCUT2D eigenvalue weighted by Crippen LogP contribution is 2.20. The second kappa shape index (κ2) is 7.20. The van der Waals surface area contributed by atoms with Crippen molar-refractivity contribution in [2.45, 2.75) is 31.8 Å². The van der Waals surface area contributed by atoms with Crippen molar-refractivity contribution >= 4 is 16.7 Å². The van der Waals surface area contributed by atoms with Crippen molar-refractivity contribution in [2.24, 2.45) is 11.5 Å². The Hall–Kier alpha value is -1.91. The molecule has 0 radical (unpaired) electrons. The summed E-state index contributed by atoms with van der Waals surface area (Å²) in [5, 5.41) is 5.33. The molecule has 0 bridgehead atoms. The number of hydrogen-bond donors (Lipinski definition) is 3. The van der Waals surface area contributed by atoms with E-state index in [4.69, 9.17) is 11.5 Å². The zero-order chi connectivity index (χ0) is 15.2. The van der Waals surface area contributed by atoms with Gasteiger partial charge in [0.05, 0.1) is 12.1 Å². The summed E-state index contributed by atoms with van der Waals surface area (Å²) in [5.74, 6) is -0.121. The summed E-state index contributed by atoms with van der Waals surface area (Å²) in [6.07, 6.45) is 1.38. The second-order valence-electron chi connectivity index (χ2n) is 5.37. The SMILES string of the molecule is CC(NC(=O)[C@H](N)CCCN)c1ccc2ccccc2c1. The van der Waals surface area contributed by atoms with Crippen molar-refractivity contribution < 1.29 is 4.79 Å². The standard InChI is InChI=1S/C17H23N3O/c1-12(20-17(21)16(19)7-4-10-18)14-9-8-13-5-2-3-6-15(13)11-14/h2-3,5-6,8-9,11-12,16H,4,7,10,18-19H2,1H3,(H,20,21)/t12?,16-/m1/s1. The van der Waals surface area contributed by atoms with Crippen molar-refractivity contribution in [3.63, 3.8) is 0 Å². The van der Waals surface area contributed by atoms with E-state index in [1.54, 1.807) is 0 Å². The number of rotatable bonds is 6. The van der Waals surface area contributed by atoms with Crippen LogP contribution in [-0.4, -0.2) is 18.5 Å². The normalized spacial score (nSPS) is 13.9. The summed E-state index contributed by atoms with van der Waals surface area (Å²) < 4.78 is 0. The van der Waals surface area contributed by atoms with E-state index < -0.39 is 6.04 Å². The fourth-order valence-corrected chi connectivity index (χ4v) is 2.35. The predicted molar refractivity (Wildman–Crippen MR) is 86.8 cm³/mol. The Morgan fingerprint density at radius 2 is 1.90 bits per heavy atom. The number of carbonyl (C=O) groups is 1. The lowest BCUT2D eigenvalue weighted by molar-refractivity contribution is -0.123. The third kappa shape index (κ3) is 4.03. The summed E-state index contributed by atoms with van der Waals surface area (Å²) in [7, 11) is 0. The average Bonchev–Trinajstić information content (AvgIpc) is 2.51. The quantitative estimate of drug-likeness (QED) is 0.760. The Balaban J connectivity index is 2.04. The van der Waals surface area contributed by atoms with Gasteiger partial charge in [0, 0.05) is 0 Å². The molecular weight excluding hydrogens is 262 g/mol. The van der Waals surface area contributed by atoms with E-state index in [1.165, 1.54) is 10.8 Å². The second-order valence-corrected chi connectivity index (χ2v) is 5.37. The minimum atomic E-state index is -0.489. The molecular formula is C17H23N3O. The summed E-state index contributed by atoms with van der Waals surface area (Å²) in [6, 6.07) is 13.8. The van der Waals surface area contributed by atoms with Gasteiger partial charge in [-0.3, -0.25) is 4.79 Å². The van der Waals surface area contributed by atoms with Gasteiger partial charge < -0.3 is 16.8 Å². The van der Waals surface area contributed by atoms with Crippen LogP contribution in [0.2, 0.25) is 0 Å². The highest BCUT2D eigenvalue weighted by Gasteiger charge is 2.16. The largest absolute Gasteiger partial charge is 0.348 e. The number of nitrogens with one attached hydrogen (secondary N) is 1. The molecule has 4 heteroatoms. The Morgan fingerprint density at radius 3 is 2.62 bits per heavy atom. The molecule has 0 fully saturated rings. The third-order valence-corrected chi connectivity index (χ3v) is 3.69. The first-order valence-corrected chi connectivity index (χ1v) is 7.36. The molecule has 0 aromatic heterocycles. The van der Waals surface area contributed by atoms with Crippen molar-refractivity contribution in [1.29, 1.82) is 0 Å². The first-order chi connectivity index (χ1) is 10.1. The van der Waals surface area contributed by atoms with Crippen LogP contribution in [0.5, 0.6) is 0 Å². The Bertz CT molecular complexity index is 612. The van der Waals surface area contributed by atoms with Crippen LogP contribution in [-0.2, 0) is 4.79 Å². The molecule has 0 saturated carbocycles. The van der Waals surface area contributed by atoms with Gasteiger partial charge in [-0.25, -0.2) is 0 Å². The monoisotopic (exact) mass is 285 g/mol. The molecule has 1 amide bonds. The summed E-state index contributed by atoms with van der Waals surface area (Å²) >= 11 is 0. The van der Waals surface area contributed by atoms with E-state index in [0.717, 1.165) is 12.0 Å². The van der Waals surface area contributed by atoms with Gasteiger partial charge in [0.15, 0.2) is 0 Å². The minimum absolute atomic E-state index is 0.0639. The molecule has 2 atom stereocenters. The zero-order valence-electron chi connectivity index (χ0n) is 12.4. The number of hydrogen-bond acceptors (Lipinski definition) is 3. The van der Waals surface area contributed by atoms with Crippen LogP contribution in [0.25, 0.3) is 10.8 Å². The van der Waals surface area contributed by atoms with Crippen LogP contribution in [0.1, 0.15) is 31.4 Å². The number of fused-ring (bicyclic) bond motifs is 1. The summed E-state index contributed by atoms with van der Waals surface area (Å²) in [4.78, 5) is 12.0. The third-order valence-electron chi connectivity index (χ3n) is 3.69. The predicted octanol–water partition coefficient (Wildman–Crippen LogP) is 2.08. The van der Waals surface area contributed by atoms with Gasteiger partial charge in [0.25, 0.3) is 0 Å². The van der Waals surface area contributed by atoms with Crippen LogP contribution < -0.4 is 16.8 Å². The van der Waals surface area contributed by atoms with Gasteiger partial charge in [-0.15, -0.1) is 0 Å². The fourth-order valence-electron chi connectivity index (χ4n) is 2.35. The van der Waals surface area contributed by atoms with Gasteiger partial charge in [0.2, 0.25) is 5.91 Å². The number of nitrogens with two attached hydrogens (primary N) is 2. The van der Waals surface area contributed by atoms with Crippen LogP contribution >= 0.6 is 0 Å². The molecule has 4 nitrogen and oxygen atoms in total. The molecule has 0 spiro atoms. The van der Waals surface area contributed by atoms with E-state index in [0.29, 0.717) is 13.0 Å². The van der Waals surface area contributed by atoms with E-state index in [9.17, 15) is 4.79 Å². The summed E-state index contributed by atoms with van der Waals surface area (Å²) in [5.41, 5.74) is 12.4. The molecule has 2 aromatic rings. The Kier molecular flexibility index (Phi) is 5.31. The number of carbonyl (C=O) groups excluding carboxylic acids is 1. The van der Waals surface area contributed by atoms with E-state index in [1.807, 2.05) is 25.1 Å². The molecule has 112 valence electrons. The van der Waals surface area contributed by atoms with Gasteiger partial charge in [-0.05, 0) is 48.7 Å². The molecule has 0 aliphatic carbocycles. The molecule has 0 aliphatic rings. The lowest BCUT2D eigenvalue weighted by atomic mass is 10.0. The van der Waals surface area contributed by atoms with Crippen molar-refractivity contribution in [1.82, 2.24) is 5.32 Å². The number of amides is 1. The highest BCUT2D eigenvalue weighted by molar-refractivity contribution is 5.84. The average molecular weight is 285 g/mol. The first-order valence-electron chi connectivity index (χ1n) is 7.36. The smallest absolute Gasteiger partial charge is 0.237 e. The first kappa shape index (κ1) is 15.5. The van der Waals surface area contributed by atoms with Crippen LogP contribution in [0.4, 0.5) is 0 Å². The molecule has 5 N–H and O–H groups in total. The van der Waals surface area contributed by atoms with Crippen LogP contribution in [0.15, 0.2) is 42.5 Å². The van der Waals surface area contributed by atoms with Gasteiger partial charge in [-0.2, -0.15) is 0 Å². The maximum Gasteiger partial charge on any atom is 0.237 e. The molecule has 2 rings (SSSR count). The van der Waals surface area contributed by atoms with Crippen molar-refractivity contribution in [3.05, 3.63) is 48.0 Å². The fraction of sp³-hybridized carbons (Fsp3) is 0.353. The maximum atomic E-state index is 12.0. The van der Waals surface area contributed by atoms with E-state index in [-0.39, 0.29) is 11.9 Å². The van der Waals surface area contributed by atoms with Gasteiger partial charge in [-0.1, -0.05) is 36.4 Å². The van der Waals surface area contributed by atoms with E-state index >= 15 is 0 Å². The molecule has 21 heavy (non-hydrogen) atoms. The van der Waals surface area contributed by atoms with Crippen LogP contribution in [0.3, 0.4) is 0 Å². The lowest BCUT2D eigenvalue weighted by Gasteiger charge is -2.18. The zero-order valence-corrected chi connectivity index (χ0v) is 12.4. The van der Waals surface area contributed by atoms with Crippen LogP contribution in [0, 0.1) is 0 Å².